The summed E-state index contributed by atoms with van der Waals surface area (Å²) in [7, 11) is 6.27. The van der Waals surface area contributed by atoms with Crippen LogP contribution in [0.5, 0.6) is 23.0 Å². The Kier molecular flexibility index (Phi) is 7.60. The Bertz CT molecular complexity index is 1470. The molecule has 1 aliphatic rings. The zero-order valence-electron chi connectivity index (χ0n) is 22.6. The summed E-state index contributed by atoms with van der Waals surface area (Å²) in [5.41, 5.74) is 10.3. The number of carbonyl (C=O) groups excluding carboxylic acids is 1. The molecule has 5 rings (SSSR count). The lowest BCUT2D eigenvalue weighted by molar-refractivity contribution is 0.0921. The van der Waals surface area contributed by atoms with Crippen LogP contribution in [0.25, 0.3) is 33.6 Å². The van der Waals surface area contributed by atoms with Crippen molar-refractivity contribution in [3.63, 3.8) is 0 Å². The number of benzene rings is 2. The van der Waals surface area contributed by atoms with Crippen molar-refractivity contribution < 1.29 is 28.2 Å². The van der Waals surface area contributed by atoms with Crippen LogP contribution in [0, 0.1) is 0 Å². The van der Waals surface area contributed by atoms with Gasteiger partial charge in [0.1, 0.15) is 17.0 Å². The average molecular weight is 532 g/mol. The number of ether oxygens (including phenoxy) is 4. The lowest BCUT2D eigenvalue weighted by atomic mass is 9.90. The Morgan fingerprint density at radius 1 is 0.923 bits per heavy atom. The summed E-state index contributed by atoms with van der Waals surface area (Å²) in [4.78, 5) is 17.8. The number of pyridine rings is 1. The molecule has 4 aromatic rings. The topological polar surface area (TPSA) is 118 Å². The van der Waals surface area contributed by atoms with Crippen molar-refractivity contribution in [1.29, 1.82) is 0 Å². The summed E-state index contributed by atoms with van der Waals surface area (Å²) in [5.74, 6) is 2.49. The van der Waals surface area contributed by atoms with Crippen molar-refractivity contribution >= 4 is 17.0 Å². The van der Waals surface area contributed by atoms with Crippen molar-refractivity contribution in [2.45, 2.75) is 37.8 Å². The molecule has 0 unspecified atom stereocenters. The maximum Gasteiger partial charge on any atom is 0.251 e. The first kappa shape index (κ1) is 26.4. The predicted molar refractivity (Wildman–Crippen MR) is 149 cm³/mol. The Balaban J connectivity index is 1.55. The van der Waals surface area contributed by atoms with Gasteiger partial charge in [0.25, 0.3) is 5.91 Å². The third-order valence-corrected chi connectivity index (χ3v) is 7.21. The van der Waals surface area contributed by atoms with Crippen molar-refractivity contribution in [2.75, 3.05) is 28.4 Å². The molecule has 0 radical (unpaired) electrons. The first-order valence-electron chi connectivity index (χ1n) is 12.9. The second kappa shape index (κ2) is 11.2. The number of methoxy groups -OCH3 is 4. The van der Waals surface area contributed by atoms with Gasteiger partial charge in [-0.25, -0.2) is 0 Å². The standard InChI is InChI=1S/C30H33N3O6/c1-35-20-12-17(11-19(13-20)30(34)33-23-8-6-5-7-22(23)31)21-9-10-32-24-16-25(39-28(21)24)18-14-26(36-2)29(38-4)27(15-18)37-3/h9-16,22-23H,5-8,31H2,1-4H3,(H,33,34)/t22-,23+/m0/s1. The van der Waals surface area contributed by atoms with E-state index in [1.54, 1.807) is 40.7 Å². The fourth-order valence-corrected chi connectivity index (χ4v) is 5.12. The summed E-state index contributed by atoms with van der Waals surface area (Å²) in [6.45, 7) is 0. The number of amides is 1. The van der Waals surface area contributed by atoms with Crippen LogP contribution in [-0.2, 0) is 0 Å². The van der Waals surface area contributed by atoms with Crippen LogP contribution < -0.4 is 30.0 Å². The van der Waals surface area contributed by atoms with Crippen LogP contribution in [-0.4, -0.2) is 51.4 Å². The number of nitrogens with zero attached hydrogens (tertiary/aromatic N) is 1. The molecular formula is C30H33N3O6. The van der Waals surface area contributed by atoms with E-state index >= 15 is 0 Å². The monoisotopic (exact) mass is 531 g/mol. The minimum absolute atomic E-state index is 0.0376. The average Bonchev–Trinajstić information content (AvgIpc) is 3.42. The first-order chi connectivity index (χ1) is 18.9. The third kappa shape index (κ3) is 5.22. The smallest absolute Gasteiger partial charge is 0.251 e. The predicted octanol–water partition coefficient (Wildman–Crippen LogP) is 5.20. The molecule has 2 aromatic carbocycles. The van der Waals surface area contributed by atoms with E-state index in [0.29, 0.717) is 45.4 Å². The highest BCUT2D eigenvalue weighted by Crippen LogP contribution is 2.43. The van der Waals surface area contributed by atoms with E-state index in [2.05, 4.69) is 10.3 Å². The number of hydrogen-bond acceptors (Lipinski definition) is 8. The van der Waals surface area contributed by atoms with E-state index in [9.17, 15) is 4.79 Å². The van der Waals surface area contributed by atoms with Gasteiger partial charge in [-0.3, -0.25) is 9.78 Å². The Morgan fingerprint density at radius 2 is 1.67 bits per heavy atom. The molecule has 9 heteroatoms. The third-order valence-electron chi connectivity index (χ3n) is 7.21. The number of hydrogen-bond donors (Lipinski definition) is 2. The Morgan fingerprint density at radius 3 is 2.33 bits per heavy atom. The van der Waals surface area contributed by atoms with Gasteiger partial charge in [0.2, 0.25) is 5.75 Å². The van der Waals surface area contributed by atoms with Gasteiger partial charge >= 0.3 is 0 Å². The maximum absolute atomic E-state index is 13.2. The summed E-state index contributed by atoms with van der Waals surface area (Å²) in [6, 6.07) is 12.7. The number of furan rings is 1. The minimum Gasteiger partial charge on any atom is -0.497 e. The Hall–Kier alpha value is -4.24. The van der Waals surface area contributed by atoms with Gasteiger partial charge < -0.3 is 34.4 Å². The molecule has 0 bridgehead atoms. The maximum atomic E-state index is 13.2. The molecule has 2 heterocycles. The van der Waals surface area contributed by atoms with E-state index in [1.807, 2.05) is 36.4 Å². The summed E-state index contributed by atoms with van der Waals surface area (Å²) in [6.07, 6.45) is 5.66. The van der Waals surface area contributed by atoms with Crippen LogP contribution in [0.4, 0.5) is 0 Å². The second-order valence-electron chi connectivity index (χ2n) is 9.58. The van der Waals surface area contributed by atoms with Gasteiger partial charge in [-0.1, -0.05) is 12.8 Å². The molecule has 39 heavy (non-hydrogen) atoms. The highest BCUT2D eigenvalue weighted by molar-refractivity contribution is 5.98. The molecule has 0 aliphatic heterocycles. The summed E-state index contributed by atoms with van der Waals surface area (Å²) < 4.78 is 28.4. The van der Waals surface area contributed by atoms with Gasteiger partial charge in [0.15, 0.2) is 17.1 Å². The van der Waals surface area contributed by atoms with Gasteiger partial charge in [-0.15, -0.1) is 0 Å². The molecule has 1 amide bonds. The molecule has 0 spiro atoms. The lowest BCUT2D eigenvalue weighted by Crippen LogP contribution is -2.49. The minimum atomic E-state index is -0.180. The van der Waals surface area contributed by atoms with E-state index in [1.165, 1.54) is 0 Å². The van der Waals surface area contributed by atoms with Gasteiger partial charge in [0, 0.05) is 41.0 Å². The zero-order chi connectivity index (χ0) is 27.5. The molecule has 1 fully saturated rings. The number of nitrogens with one attached hydrogen (secondary N) is 1. The highest BCUT2D eigenvalue weighted by atomic mass is 16.5. The van der Waals surface area contributed by atoms with Crippen molar-refractivity contribution in [3.8, 4) is 45.4 Å². The highest BCUT2D eigenvalue weighted by Gasteiger charge is 2.25. The van der Waals surface area contributed by atoms with Crippen LogP contribution >= 0.6 is 0 Å². The van der Waals surface area contributed by atoms with Crippen molar-refractivity contribution in [3.05, 3.63) is 54.2 Å². The molecule has 0 saturated heterocycles. The van der Waals surface area contributed by atoms with Crippen LogP contribution in [0.1, 0.15) is 36.0 Å². The van der Waals surface area contributed by atoms with Crippen molar-refractivity contribution in [2.24, 2.45) is 5.73 Å². The van der Waals surface area contributed by atoms with Crippen LogP contribution in [0.3, 0.4) is 0 Å². The normalized spacial score (nSPS) is 17.1. The molecule has 2 aromatic heterocycles. The Labute approximate surface area is 227 Å². The quantitative estimate of drug-likeness (QED) is 0.319. The lowest BCUT2D eigenvalue weighted by Gasteiger charge is -2.29. The van der Waals surface area contributed by atoms with E-state index in [4.69, 9.17) is 29.1 Å². The summed E-state index contributed by atoms with van der Waals surface area (Å²) in [5, 5.41) is 3.12. The van der Waals surface area contributed by atoms with Gasteiger partial charge in [-0.2, -0.15) is 0 Å². The SMILES string of the molecule is COc1cc(C(=O)N[C@@H]2CCCC[C@@H]2N)cc(-c2ccnc3cc(-c4cc(OC)c(OC)c(OC)c4)oc23)c1. The molecule has 204 valence electrons. The second-order valence-corrected chi connectivity index (χ2v) is 9.58. The van der Waals surface area contributed by atoms with Gasteiger partial charge in [0.05, 0.1) is 28.4 Å². The molecule has 1 aliphatic carbocycles. The molecule has 9 nitrogen and oxygen atoms in total. The fraction of sp³-hybridized carbons (Fsp3) is 0.333. The molecule has 2 atom stereocenters. The number of nitrogens with two attached hydrogens (primary N) is 1. The number of carbonyl (C=O) groups is 1. The van der Waals surface area contributed by atoms with Crippen LogP contribution in [0.15, 0.2) is 53.1 Å². The molecule has 3 N–H and O–H groups in total. The largest absolute Gasteiger partial charge is 0.497 e. The summed E-state index contributed by atoms with van der Waals surface area (Å²) >= 11 is 0. The molecule has 1 saturated carbocycles. The van der Waals surface area contributed by atoms with Crippen molar-refractivity contribution in [1.82, 2.24) is 10.3 Å². The van der Waals surface area contributed by atoms with Crippen LogP contribution in [0.2, 0.25) is 0 Å². The fourth-order valence-electron chi connectivity index (χ4n) is 5.12. The zero-order valence-corrected chi connectivity index (χ0v) is 22.6. The first-order valence-corrected chi connectivity index (χ1v) is 12.9. The van der Waals surface area contributed by atoms with Gasteiger partial charge in [-0.05, 0) is 54.8 Å². The van der Waals surface area contributed by atoms with E-state index in [0.717, 1.165) is 42.4 Å². The van der Waals surface area contributed by atoms with E-state index in [-0.39, 0.29) is 18.0 Å². The number of rotatable bonds is 8. The number of fused-ring (bicyclic) bond motifs is 1. The number of aromatic nitrogens is 1. The van der Waals surface area contributed by atoms with E-state index < -0.39 is 0 Å². The molecular weight excluding hydrogens is 498 g/mol.